The Morgan fingerprint density at radius 3 is 2.42 bits per heavy atom. The predicted octanol–water partition coefficient (Wildman–Crippen LogP) is 3.86. The largest absolute Gasteiger partial charge is 0.497 e. The molecular formula is C24H28N4O4S. The van der Waals surface area contributed by atoms with Gasteiger partial charge in [0, 0.05) is 5.56 Å². The molecule has 174 valence electrons. The second kappa shape index (κ2) is 11.5. The van der Waals surface area contributed by atoms with E-state index in [-0.39, 0.29) is 29.5 Å². The van der Waals surface area contributed by atoms with E-state index in [0.29, 0.717) is 5.89 Å². The molecule has 9 heteroatoms. The van der Waals surface area contributed by atoms with Crippen LogP contribution in [0, 0.1) is 0 Å². The molecule has 3 aromatic rings. The maximum atomic E-state index is 13.0. The molecule has 33 heavy (non-hydrogen) atoms. The minimum Gasteiger partial charge on any atom is -0.497 e. The summed E-state index contributed by atoms with van der Waals surface area (Å²) >= 11 is 1.12. The van der Waals surface area contributed by atoms with Crippen molar-refractivity contribution in [2.75, 3.05) is 19.4 Å². The van der Waals surface area contributed by atoms with Gasteiger partial charge in [0.05, 0.1) is 25.4 Å². The number of amides is 2. The van der Waals surface area contributed by atoms with Gasteiger partial charge in [-0.2, -0.15) is 0 Å². The van der Waals surface area contributed by atoms with Crippen molar-refractivity contribution < 1.29 is 18.7 Å². The lowest BCUT2D eigenvalue weighted by Gasteiger charge is -2.28. The Balaban J connectivity index is 1.66. The van der Waals surface area contributed by atoms with Gasteiger partial charge in [0.2, 0.25) is 17.7 Å². The van der Waals surface area contributed by atoms with Gasteiger partial charge < -0.3 is 19.8 Å². The van der Waals surface area contributed by atoms with E-state index < -0.39 is 5.91 Å². The number of rotatable bonds is 11. The van der Waals surface area contributed by atoms with Crippen molar-refractivity contribution in [1.29, 1.82) is 0 Å². The fourth-order valence-corrected chi connectivity index (χ4v) is 4.01. The molecule has 0 aliphatic carbocycles. The van der Waals surface area contributed by atoms with E-state index in [1.54, 1.807) is 19.2 Å². The van der Waals surface area contributed by atoms with Gasteiger partial charge in [0.15, 0.2) is 0 Å². The summed E-state index contributed by atoms with van der Waals surface area (Å²) < 4.78 is 10.8. The Morgan fingerprint density at radius 1 is 1.12 bits per heavy atom. The van der Waals surface area contributed by atoms with Crippen molar-refractivity contribution in [3.63, 3.8) is 0 Å². The summed E-state index contributed by atoms with van der Waals surface area (Å²) in [5.41, 5.74) is 8.34. The van der Waals surface area contributed by atoms with Crippen LogP contribution >= 0.6 is 11.8 Å². The fourth-order valence-electron chi connectivity index (χ4n) is 3.37. The first-order valence-electron chi connectivity index (χ1n) is 10.7. The number of carbonyl (C=O) groups excluding carboxylic acids is 2. The molecule has 2 amide bonds. The molecule has 2 N–H and O–H groups in total. The van der Waals surface area contributed by atoms with Gasteiger partial charge in [-0.25, -0.2) is 0 Å². The summed E-state index contributed by atoms with van der Waals surface area (Å²) in [6, 6.07) is 15.0. The molecule has 0 radical (unpaired) electrons. The van der Waals surface area contributed by atoms with Crippen LogP contribution in [0.4, 0.5) is 0 Å². The predicted molar refractivity (Wildman–Crippen MR) is 127 cm³/mol. The average Bonchev–Trinajstić information content (AvgIpc) is 3.30. The van der Waals surface area contributed by atoms with Crippen LogP contribution in [0.25, 0.3) is 11.5 Å². The number of ether oxygens (including phenoxy) is 1. The Hall–Kier alpha value is -3.33. The first-order chi connectivity index (χ1) is 15.9. The quantitative estimate of drug-likeness (QED) is 0.425. The van der Waals surface area contributed by atoms with E-state index in [9.17, 15) is 9.59 Å². The van der Waals surface area contributed by atoms with Gasteiger partial charge in [-0.05, 0) is 48.7 Å². The molecule has 0 spiro atoms. The number of thioether (sulfide) groups is 1. The maximum absolute atomic E-state index is 13.0. The molecule has 0 aliphatic heterocycles. The number of nitrogens with zero attached hydrogens (tertiary/aromatic N) is 3. The number of benzene rings is 2. The second-order valence-electron chi connectivity index (χ2n) is 7.55. The third-order valence-corrected chi connectivity index (χ3v) is 5.98. The summed E-state index contributed by atoms with van der Waals surface area (Å²) in [5.74, 6) is 0.301. The van der Waals surface area contributed by atoms with Crippen molar-refractivity contribution in [2.24, 2.45) is 5.73 Å². The number of methoxy groups -OCH3 is 1. The zero-order valence-electron chi connectivity index (χ0n) is 19.0. The number of nitrogens with two attached hydrogens (primary N) is 1. The smallest absolute Gasteiger partial charge is 0.277 e. The lowest BCUT2D eigenvalue weighted by atomic mass is 10.0. The molecule has 1 atom stereocenters. The molecule has 1 heterocycles. The molecule has 0 aliphatic rings. The van der Waals surface area contributed by atoms with Crippen molar-refractivity contribution in [3.8, 4) is 17.2 Å². The number of hydrogen-bond donors (Lipinski definition) is 1. The van der Waals surface area contributed by atoms with Crippen LogP contribution < -0.4 is 10.5 Å². The zero-order valence-corrected chi connectivity index (χ0v) is 19.8. The molecule has 0 unspecified atom stereocenters. The number of hydrogen-bond acceptors (Lipinski definition) is 7. The van der Waals surface area contributed by atoms with E-state index in [2.05, 4.69) is 29.3 Å². The van der Waals surface area contributed by atoms with Crippen molar-refractivity contribution in [1.82, 2.24) is 15.1 Å². The Bertz CT molecular complexity index is 1070. The van der Waals surface area contributed by atoms with Gasteiger partial charge >= 0.3 is 0 Å². The van der Waals surface area contributed by atoms with Crippen molar-refractivity contribution in [3.05, 3.63) is 59.7 Å². The number of carbonyl (C=O) groups is 2. The highest BCUT2D eigenvalue weighted by Crippen LogP contribution is 2.27. The van der Waals surface area contributed by atoms with E-state index in [4.69, 9.17) is 14.9 Å². The van der Waals surface area contributed by atoms with E-state index in [0.717, 1.165) is 41.5 Å². The third-order valence-electron chi connectivity index (χ3n) is 5.18. The van der Waals surface area contributed by atoms with Crippen LogP contribution in [0.2, 0.25) is 0 Å². The van der Waals surface area contributed by atoms with Crippen molar-refractivity contribution in [2.45, 2.75) is 38.0 Å². The number of primary amides is 1. The monoisotopic (exact) mass is 468 g/mol. The number of aromatic nitrogens is 2. The lowest BCUT2D eigenvalue weighted by Crippen LogP contribution is -2.41. The molecule has 8 nitrogen and oxygen atoms in total. The summed E-state index contributed by atoms with van der Waals surface area (Å²) in [6.07, 6.45) is 2.06. The van der Waals surface area contributed by atoms with Crippen LogP contribution in [-0.2, 0) is 16.0 Å². The van der Waals surface area contributed by atoms with Crippen molar-refractivity contribution >= 4 is 23.6 Å². The van der Waals surface area contributed by atoms with Crippen LogP contribution in [0.15, 0.2) is 58.2 Å². The SMILES string of the molecule is CCCc1ccc([C@@H](C)N(CC(N)=O)C(=O)CSc2nnc(-c3ccc(OC)cc3)o2)cc1. The van der Waals surface area contributed by atoms with Gasteiger partial charge in [-0.1, -0.05) is 49.4 Å². The topological polar surface area (TPSA) is 112 Å². The van der Waals surface area contributed by atoms with Crippen LogP contribution in [0.1, 0.15) is 37.4 Å². The summed E-state index contributed by atoms with van der Waals surface area (Å²) in [4.78, 5) is 26.1. The number of aryl methyl sites for hydroxylation is 1. The highest BCUT2D eigenvalue weighted by atomic mass is 32.2. The van der Waals surface area contributed by atoms with Gasteiger partial charge in [0.1, 0.15) is 5.75 Å². The highest BCUT2D eigenvalue weighted by Gasteiger charge is 2.24. The summed E-state index contributed by atoms with van der Waals surface area (Å²) in [6.45, 7) is 3.85. The molecular weight excluding hydrogens is 440 g/mol. The standard InChI is InChI=1S/C24H28N4O4S/c1-4-5-17-6-8-18(9-7-17)16(2)28(14-21(25)29)22(30)15-33-24-27-26-23(32-24)19-10-12-20(31-3)13-11-19/h6-13,16H,4-5,14-15H2,1-3H3,(H2,25,29)/t16-/m1/s1. The Kier molecular flexibility index (Phi) is 8.48. The summed E-state index contributed by atoms with van der Waals surface area (Å²) in [5, 5.41) is 8.32. The maximum Gasteiger partial charge on any atom is 0.277 e. The van der Waals surface area contributed by atoms with Crippen LogP contribution in [0.5, 0.6) is 5.75 Å². The minimum atomic E-state index is -0.567. The van der Waals surface area contributed by atoms with E-state index in [1.807, 2.05) is 31.2 Å². The van der Waals surface area contributed by atoms with Crippen LogP contribution in [0.3, 0.4) is 0 Å². The molecule has 0 saturated heterocycles. The molecule has 3 rings (SSSR count). The molecule has 1 aromatic heterocycles. The van der Waals surface area contributed by atoms with E-state index in [1.165, 1.54) is 10.5 Å². The summed E-state index contributed by atoms with van der Waals surface area (Å²) in [7, 11) is 1.59. The normalized spacial score (nSPS) is 11.7. The minimum absolute atomic E-state index is 0.0375. The van der Waals surface area contributed by atoms with E-state index >= 15 is 0 Å². The fraction of sp³-hybridized carbons (Fsp3) is 0.333. The second-order valence-corrected chi connectivity index (χ2v) is 8.47. The molecule has 0 saturated carbocycles. The first-order valence-corrected chi connectivity index (χ1v) is 11.7. The Labute approximate surface area is 197 Å². The van der Waals surface area contributed by atoms with Gasteiger partial charge in [-0.3, -0.25) is 9.59 Å². The average molecular weight is 469 g/mol. The first kappa shape index (κ1) is 24.3. The Morgan fingerprint density at radius 2 is 1.82 bits per heavy atom. The molecule has 0 bridgehead atoms. The molecule has 2 aromatic carbocycles. The zero-order chi connectivity index (χ0) is 23.8. The molecule has 0 fully saturated rings. The highest BCUT2D eigenvalue weighted by molar-refractivity contribution is 7.99. The van der Waals surface area contributed by atoms with Crippen LogP contribution in [-0.4, -0.2) is 46.3 Å². The van der Waals surface area contributed by atoms with Gasteiger partial charge in [-0.15, -0.1) is 10.2 Å². The third kappa shape index (κ3) is 6.58. The lowest BCUT2D eigenvalue weighted by molar-refractivity contribution is -0.135. The van der Waals surface area contributed by atoms with Gasteiger partial charge in [0.25, 0.3) is 5.22 Å².